The summed E-state index contributed by atoms with van der Waals surface area (Å²) >= 11 is 0. The molecular weight excluding hydrogens is 384 g/mol. The van der Waals surface area contributed by atoms with Crippen molar-refractivity contribution < 1.29 is 0 Å². The lowest BCUT2D eigenvalue weighted by atomic mass is 9.90. The molecule has 1 aliphatic rings. The molecule has 2 aromatic rings. The zero-order valence-corrected chi connectivity index (χ0v) is 20.5. The molecule has 1 atom stereocenters. The molecule has 0 aliphatic heterocycles. The Morgan fingerprint density at radius 3 is 2.22 bits per heavy atom. The Morgan fingerprint density at radius 2 is 1.62 bits per heavy atom. The Balaban J connectivity index is 0.000000944. The van der Waals surface area contributed by atoms with E-state index in [2.05, 4.69) is 120 Å². The van der Waals surface area contributed by atoms with Gasteiger partial charge >= 0.3 is 0 Å². The van der Waals surface area contributed by atoms with E-state index < -0.39 is 0 Å². The number of benzene rings is 2. The second kappa shape index (κ2) is 13.9. The molecular formula is C32H38. The van der Waals surface area contributed by atoms with Crippen LogP contribution in [0.2, 0.25) is 0 Å². The van der Waals surface area contributed by atoms with E-state index in [9.17, 15) is 0 Å². The van der Waals surface area contributed by atoms with Crippen LogP contribution >= 0.6 is 0 Å². The topological polar surface area (TPSA) is 0 Å². The molecule has 0 nitrogen and oxygen atoms in total. The van der Waals surface area contributed by atoms with E-state index in [0.717, 1.165) is 12.8 Å². The van der Waals surface area contributed by atoms with Gasteiger partial charge in [0.2, 0.25) is 0 Å². The molecule has 32 heavy (non-hydrogen) atoms. The normalized spacial score (nSPS) is 13.1. The summed E-state index contributed by atoms with van der Waals surface area (Å²) < 4.78 is 0. The largest absolute Gasteiger partial charge is 0.124 e. The van der Waals surface area contributed by atoms with Gasteiger partial charge in [0, 0.05) is 0 Å². The zero-order chi connectivity index (χ0) is 24.1. The van der Waals surface area contributed by atoms with Crippen LogP contribution in [0, 0.1) is 32.6 Å². The first-order valence-corrected chi connectivity index (χ1v) is 11.2. The predicted molar refractivity (Wildman–Crippen MR) is 146 cm³/mol. The van der Waals surface area contributed by atoms with E-state index >= 15 is 0 Å². The van der Waals surface area contributed by atoms with E-state index in [1.807, 2.05) is 6.92 Å². The van der Waals surface area contributed by atoms with Crippen LogP contribution in [0.4, 0.5) is 0 Å². The van der Waals surface area contributed by atoms with E-state index in [1.165, 1.54) is 44.5 Å². The van der Waals surface area contributed by atoms with Crippen molar-refractivity contribution in [3.63, 3.8) is 0 Å². The van der Waals surface area contributed by atoms with Crippen molar-refractivity contribution in [3.8, 4) is 24.0 Å². The number of rotatable bonds is 5. The summed E-state index contributed by atoms with van der Waals surface area (Å²) in [6.07, 6.45) is 21.0. The van der Waals surface area contributed by atoms with Crippen molar-refractivity contribution in [1.82, 2.24) is 0 Å². The molecule has 0 heterocycles. The molecule has 2 aromatic carbocycles. The highest BCUT2D eigenvalue weighted by atomic mass is 14.2. The molecule has 0 bridgehead atoms. The van der Waals surface area contributed by atoms with Gasteiger partial charge in [0.25, 0.3) is 0 Å². The molecule has 1 aliphatic carbocycles. The maximum Gasteiger partial charge on any atom is -0.0103 e. The lowest BCUT2D eigenvalue weighted by Crippen LogP contribution is -1.97. The number of terminal acetylenes is 1. The van der Waals surface area contributed by atoms with Gasteiger partial charge in [-0.05, 0) is 68.7 Å². The lowest BCUT2D eigenvalue weighted by Gasteiger charge is -2.15. The summed E-state index contributed by atoms with van der Waals surface area (Å²) in [5, 5.41) is 0. The van der Waals surface area contributed by atoms with Crippen LogP contribution in [0.3, 0.4) is 0 Å². The summed E-state index contributed by atoms with van der Waals surface area (Å²) in [4.78, 5) is 0. The first kappa shape index (κ1) is 26.7. The molecule has 0 heteroatoms. The van der Waals surface area contributed by atoms with Crippen LogP contribution in [-0.2, 0) is 0 Å². The first-order chi connectivity index (χ1) is 15.3. The molecule has 0 aromatic heterocycles. The second-order valence-corrected chi connectivity index (χ2v) is 8.29. The zero-order valence-electron chi connectivity index (χ0n) is 20.5. The van der Waals surface area contributed by atoms with Crippen molar-refractivity contribution in [2.24, 2.45) is 5.92 Å². The fraction of sp³-hybridized carbons (Fsp3) is 0.250. The SMILES string of the molecule is C#C.C=C(C)C(C)CC1=CCC=CC(c2ccc(C)cc2-c2ccc(C)cc2)=C1.C=CC. The van der Waals surface area contributed by atoms with Crippen molar-refractivity contribution in [1.29, 1.82) is 0 Å². The minimum Gasteiger partial charge on any atom is -0.124 e. The van der Waals surface area contributed by atoms with E-state index in [0.29, 0.717) is 5.92 Å². The molecule has 166 valence electrons. The smallest absolute Gasteiger partial charge is 0.0103 e. The summed E-state index contributed by atoms with van der Waals surface area (Å²) in [5.41, 5.74) is 10.4. The van der Waals surface area contributed by atoms with E-state index in [4.69, 9.17) is 0 Å². The highest BCUT2D eigenvalue weighted by Gasteiger charge is 2.12. The van der Waals surface area contributed by atoms with Crippen LogP contribution < -0.4 is 0 Å². The Labute approximate surface area is 196 Å². The van der Waals surface area contributed by atoms with Gasteiger partial charge in [0.15, 0.2) is 0 Å². The number of allylic oxidation sites excluding steroid dienone is 8. The van der Waals surface area contributed by atoms with Crippen LogP contribution in [0.1, 0.15) is 50.3 Å². The maximum absolute atomic E-state index is 4.13. The second-order valence-electron chi connectivity index (χ2n) is 8.29. The van der Waals surface area contributed by atoms with Crippen molar-refractivity contribution in [3.05, 3.63) is 114 Å². The van der Waals surface area contributed by atoms with Crippen LogP contribution in [-0.4, -0.2) is 0 Å². The molecule has 0 fully saturated rings. The quantitative estimate of drug-likeness (QED) is 0.332. The Kier molecular flexibility index (Phi) is 11.6. The Morgan fingerprint density at radius 1 is 1.03 bits per heavy atom. The molecule has 0 radical (unpaired) electrons. The number of hydrogen-bond donors (Lipinski definition) is 0. The summed E-state index contributed by atoms with van der Waals surface area (Å²) in [6, 6.07) is 15.6. The Bertz CT molecular complexity index is 1000. The van der Waals surface area contributed by atoms with Gasteiger partial charge in [-0.1, -0.05) is 109 Å². The first-order valence-electron chi connectivity index (χ1n) is 11.2. The van der Waals surface area contributed by atoms with Crippen LogP contribution in [0.5, 0.6) is 0 Å². The monoisotopic (exact) mass is 422 g/mol. The fourth-order valence-corrected chi connectivity index (χ4v) is 3.44. The van der Waals surface area contributed by atoms with Gasteiger partial charge in [0.1, 0.15) is 0 Å². The molecule has 0 N–H and O–H groups in total. The van der Waals surface area contributed by atoms with Gasteiger partial charge in [0.05, 0.1) is 0 Å². The predicted octanol–water partition coefficient (Wildman–Crippen LogP) is 9.28. The van der Waals surface area contributed by atoms with Gasteiger partial charge < -0.3 is 0 Å². The van der Waals surface area contributed by atoms with Gasteiger partial charge in [-0.25, -0.2) is 0 Å². The third kappa shape index (κ3) is 8.09. The third-order valence-corrected chi connectivity index (χ3v) is 5.39. The van der Waals surface area contributed by atoms with Crippen molar-refractivity contribution in [2.45, 2.75) is 47.5 Å². The average Bonchev–Trinajstić information content (AvgIpc) is 3.01. The van der Waals surface area contributed by atoms with E-state index in [1.54, 1.807) is 6.08 Å². The maximum atomic E-state index is 4.13. The van der Waals surface area contributed by atoms with Crippen molar-refractivity contribution >= 4 is 5.57 Å². The summed E-state index contributed by atoms with van der Waals surface area (Å²) in [6.45, 7) is 18.1. The molecule has 0 amide bonds. The van der Waals surface area contributed by atoms with Gasteiger partial charge in [-0.3, -0.25) is 0 Å². The van der Waals surface area contributed by atoms with Crippen molar-refractivity contribution in [2.75, 3.05) is 0 Å². The number of aryl methyl sites for hydroxylation is 2. The molecule has 0 spiro atoms. The highest BCUT2D eigenvalue weighted by molar-refractivity contribution is 5.87. The van der Waals surface area contributed by atoms with E-state index in [-0.39, 0.29) is 0 Å². The number of hydrogen-bond acceptors (Lipinski definition) is 0. The molecule has 3 rings (SSSR count). The molecule has 1 unspecified atom stereocenters. The average molecular weight is 423 g/mol. The minimum absolute atomic E-state index is 0.501. The summed E-state index contributed by atoms with van der Waals surface area (Å²) in [7, 11) is 0. The standard InChI is InChI=1S/C27H30.C3H6.C2H2/c1-19(2)22(5)17-23-8-6-7-9-25(18-23)26-15-12-21(4)16-27(26)24-13-10-20(3)11-14-24;1-3-2;1-2/h7-16,18,22H,1,6,17H2,2-5H3;3H,1H2,2H3;1-2H. The van der Waals surface area contributed by atoms with Gasteiger partial charge in [-0.15, -0.1) is 19.4 Å². The lowest BCUT2D eigenvalue weighted by molar-refractivity contribution is 0.682. The Hall–Kier alpha value is -3.30. The molecule has 0 saturated carbocycles. The van der Waals surface area contributed by atoms with Crippen LogP contribution in [0.25, 0.3) is 16.7 Å². The fourth-order valence-electron chi connectivity index (χ4n) is 3.44. The molecule has 0 saturated heterocycles. The highest BCUT2D eigenvalue weighted by Crippen LogP contribution is 2.33. The van der Waals surface area contributed by atoms with Gasteiger partial charge in [-0.2, -0.15) is 0 Å². The minimum atomic E-state index is 0.501. The summed E-state index contributed by atoms with van der Waals surface area (Å²) in [5.74, 6) is 0.501. The third-order valence-electron chi connectivity index (χ3n) is 5.39. The van der Waals surface area contributed by atoms with Crippen LogP contribution in [0.15, 0.2) is 97.1 Å².